The van der Waals surface area contributed by atoms with E-state index in [0.717, 1.165) is 0 Å². The first-order chi connectivity index (χ1) is 9.18. The minimum atomic E-state index is -0.623. The lowest BCUT2D eigenvalue weighted by molar-refractivity contribution is -0.143. The molecule has 0 atom stereocenters. The minimum Gasteiger partial charge on any atom is -0.314 e. The maximum atomic E-state index is 11.6. The van der Waals surface area contributed by atoms with Crippen LogP contribution in [0.3, 0.4) is 0 Å². The topological polar surface area (TPSA) is 74.1 Å². The van der Waals surface area contributed by atoms with Crippen molar-refractivity contribution in [2.75, 3.05) is 0 Å². The van der Waals surface area contributed by atoms with Crippen LogP contribution in [0.1, 0.15) is 34.6 Å². The quantitative estimate of drug-likeness (QED) is 0.735. The van der Waals surface area contributed by atoms with Gasteiger partial charge >= 0.3 is 11.5 Å². The summed E-state index contributed by atoms with van der Waals surface area (Å²) in [5.41, 5.74) is -0.0401. The molecule has 0 saturated heterocycles. The van der Waals surface area contributed by atoms with E-state index in [9.17, 15) is 9.59 Å². The highest BCUT2D eigenvalue weighted by Gasteiger charge is 2.06. The van der Waals surface area contributed by atoms with Crippen LogP contribution in [0.15, 0.2) is 29.1 Å². The highest BCUT2D eigenvalue weighted by Crippen LogP contribution is 2.02. The SMILES string of the molecule is CC.CC.CC(=O)On1nnc2ccccc2c1=O. The number of hydrogen-bond acceptors (Lipinski definition) is 5. The van der Waals surface area contributed by atoms with Crippen molar-refractivity contribution >= 4 is 16.9 Å². The Kier molecular flexibility index (Phi) is 7.76. The largest absolute Gasteiger partial charge is 0.332 e. The summed E-state index contributed by atoms with van der Waals surface area (Å²) in [6.45, 7) is 9.18. The molecule has 0 spiro atoms. The van der Waals surface area contributed by atoms with Gasteiger partial charge in [0.2, 0.25) is 0 Å². The van der Waals surface area contributed by atoms with Crippen molar-refractivity contribution in [3.05, 3.63) is 34.6 Å². The average Bonchev–Trinajstić information content (AvgIpc) is 2.46. The molecule has 0 N–H and O–H groups in total. The molecule has 0 aliphatic rings. The number of aromatic nitrogens is 3. The Morgan fingerprint density at radius 3 is 2.32 bits per heavy atom. The third-order valence-corrected chi connectivity index (χ3v) is 1.76. The van der Waals surface area contributed by atoms with Gasteiger partial charge in [-0.3, -0.25) is 4.79 Å². The molecule has 6 nitrogen and oxygen atoms in total. The maximum Gasteiger partial charge on any atom is 0.332 e. The van der Waals surface area contributed by atoms with E-state index >= 15 is 0 Å². The first kappa shape index (κ1) is 16.8. The van der Waals surface area contributed by atoms with Gasteiger partial charge in [-0.05, 0) is 22.2 Å². The second-order valence-electron chi connectivity index (χ2n) is 2.87. The Morgan fingerprint density at radius 1 is 1.16 bits per heavy atom. The number of carbonyl (C=O) groups excluding carboxylic acids is 1. The molecule has 104 valence electrons. The molecule has 1 aromatic heterocycles. The van der Waals surface area contributed by atoms with E-state index in [1.54, 1.807) is 24.3 Å². The van der Waals surface area contributed by atoms with Crippen molar-refractivity contribution < 1.29 is 9.63 Å². The third kappa shape index (κ3) is 4.50. The van der Waals surface area contributed by atoms with Gasteiger partial charge in [0.25, 0.3) is 0 Å². The molecular weight excluding hydrogens is 246 g/mol. The van der Waals surface area contributed by atoms with Gasteiger partial charge in [-0.1, -0.05) is 39.8 Å². The molecule has 0 unspecified atom stereocenters. The summed E-state index contributed by atoms with van der Waals surface area (Å²) < 4.78 is 0. The molecule has 0 amide bonds. The smallest absolute Gasteiger partial charge is 0.314 e. The number of nitrogens with zero attached hydrogens (tertiary/aromatic N) is 3. The normalized spacial score (nSPS) is 8.68. The minimum absolute atomic E-state index is 0.355. The van der Waals surface area contributed by atoms with E-state index < -0.39 is 11.5 Å². The van der Waals surface area contributed by atoms with E-state index in [2.05, 4.69) is 15.1 Å². The van der Waals surface area contributed by atoms with Crippen molar-refractivity contribution in [3.8, 4) is 0 Å². The van der Waals surface area contributed by atoms with Crippen molar-refractivity contribution in [2.24, 2.45) is 0 Å². The van der Waals surface area contributed by atoms with Gasteiger partial charge in [0.15, 0.2) is 0 Å². The average molecular weight is 265 g/mol. The lowest BCUT2D eigenvalue weighted by atomic mass is 10.2. The number of carbonyl (C=O) groups is 1. The highest BCUT2D eigenvalue weighted by molar-refractivity contribution is 5.76. The van der Waals surface area contributed by atoms with E-state index in [0.29, 0.717) is 15.7 Å². The highest BCUT2D eigenvalue weighted by atomic mass is 16.7. The van der Waals surface area contributed by atoms with Crippen LogP contribution in [0.2, 0.25) is 0 Å². The van der Waals surface area contributed by atoms with Crippen LogP contribution in [0.4, 0.5) is 0 Å². The van der Waals surface area contributed by atoms with E-state index in [1.807, 2.05) is 27.7 Å². The van der Waals surface area contributed by atoms with Crippen LogP contribution in [0.5, 0.6) is 0 Å². The van der Waals surface area contributed by atoms with Crippen LogP contribution in [-0.4, -0.2) is 21.1 Å². The molecule has 2 rings (SSSR count). The van der Waals surface area contributed by atoms with Gasteiger partial charge in [0, 0.05) is 6.92 Å². The predicted octanol–water partition coefficient (Wildman–Crippen LogP) is 1.82. The molecule has 1 heterocycles. The fraction of sp³-hybridized carbons (Fsp3) is 0.385. The van der Waals surface area contributed by atoms with Crippen molar-refractivity contribution in [2.45, 2.75) is 34.6 Å². The lowest BCUT2D eigenvalue weighted by Crippen LogP contribution is -2.32. The first-order valence-electron chi connectivity index (χ1n) is 6.22. The van der Waals surface area contributed by atoms with E-state index in [-0.39, 0.29) is 0 Å². The molecule has 2 aromatic rings. The molecule has 0 saturated carbocycles. The van der Waals surface area contributed by atoms with Crippen LogP contribution < -0.4 is 10.4 Å². The van der Waals surface area contributed by atoms with Crippen LogP contribution in [-0.2, 0) is 4.79 Å². The van der Waals surface area contributed by atoms with E-state index in [1.165, 1.54) is 6.92 Å². The summed E-state index contributed by atoms with van der Waals surface area (Å²) >= 11 is 0. The van der Waals surface area contributed by atoms with Gasteiger partial charge in [0.05, 0.1) is 5.39 Å². The summed E-state index contributed by atoms with van der Waals surface area (Å²) in [4.78, 5) is 27.4. The Bertz CT molecular complexity index is 579. The zero-order valence-electron chi connectivity index (χ0n) is 11.9. The fourth-order valence-corrected chi connectivity index (χ4v) is 1.16. The Labute approximate surface area is 112 Å². The molecule has 6 heteroatoms. The summed E-state index contributed by atoms with van der Waals surface area (Å²) in [7, 11) is 0. The number of benzene rings is 1. The zero-order valence-corrected chi connectivity index (χ0v) is 11.9. The summed E-state index contributed by atoms with van der Waals surface area (Å²) in [5.74, 6) is -0.623. The van der Waals surface area contributed by atoms with Gasteiger partial charge in [-0.25, -0.2) is 4.79 Å². The standard InChI is InChI=1S/C9H7N3O3.2C2H6/c1-6(13)15-12-9(14)7-4-2-3-5-8(7)10-11-12;2*1-2/h2-5H,1H3;2*1-2H3. The molecule has 0 aliphatic heterocycles. The van der Waals surface area contributed by atoms with Crippen LogP contribution in [0, 0.1) is 0 Å². The van der Waals surface area contributed by atoms with E-state index in [4.69, 9.17) is 0 Å². The number of rotatable bonds is 1. The van der Waals surface area contributed by atoms with Crippen molar-refractivity contribution in [1.82, 2.24) is 15.2 Å². The Hall–Kier alpha value is -2.24. The van der Waals surface area contributed by atoms with Gasteiger partial charge in [0.1, 0.15) is 5.52 Å². The lowest BCUT2D eigenvalue weighted by Gasteiger charge is -2.01. The van der Waals surface area contributed by atoms with Crippen molar-refractivity contribution in [3.63, 3.8) is 0 Å². The summed E-state index contributed by atoms with van der Waals surface area (Å²) in [5, 5.41) is 7.54. The maximum absolute atomic E-state index is 11.6. The molecule has 0 radical (unpaired) electrons. The second-order valence-corrected chi connectivity index (χ2v) is 2.87. The first-order valence-corrected chi connectivity index (χ1v) is 6.22. The predicted molar refractivity (Wildman–Crippen MR) is 73.8 cm³/mol. The van der Waals surface area contributed by atoms with Gasteiger partial charge < -0.3 is 4.84 Å². The van der Waals surface area contributed by atoms with Gasteiger partial charge in [-0.15, -0.1) is 5.10 Å². The second kappa shape index (κ2) is 8.79. The monoisotopic (exact) mass is 265 g/mol. The Morgan fingerprint density at radius 2 is 1.74 bits per heavy atom. The molecule has 0 fully saturated rings. The molecule has 19 heavy (non-hydrogen) atoms. The molecular formula is C13H19N3O3. The van der Waals surface area contributed by atoms with Crippen molar-refractivity contribution in [1.29, 1.82) is 0 Å². The molecule has 0 bridgehead atoms. The Balaban J connectivity index is 0.000000741. The summed E-state index contributed by atoms with van der Waals surface area (Å²) in [6.07, 6.45) is 0. The fourth-order valence-electron chi connectivity index (χ4n) is 1.16. The third-order valence-electron chi connectivity index (χ3n) is 1.76. The molecule has 1 aromatic carbocycles. The van der Waals surface area contributed by atoms with Crippen LogP contribution in [0.25, 0.3) is 10.9 Å². The molecule has 0 aliphatic carbocycles. The zero-order chi connectivity index (χ0) is 14.8. The summed E-state index contributed by atoms with van der Waals surface area (Å²) in [6, 6.07) is 6.68. The van der Waals surface area contributed by atoms with Crippen LogP contribution >= 0.6 is 0 Å². The number of hydrogen-bond donors (Lipinski definition) is 0. The van der Waals surface area contributed by atoms with Gasteiger partial charge in [-0.2, -0.15) is 0 Å². The number of fused-ring (bicyclic) bond motifs is 1.